The van der Waals surface area contributed by atoms with Crippen LogP contribution < -0.4 is 24.8 Å². The second kappa shape index (κ2) is 10.9. The highest BCUT2D eigenvalue weighted by Crippen LogP contribution is 2.39. The summed E-state index contributed by atoms with van der Waals surface area (Å²) in [6, 6.07) is 3.77. The Labute approximate surface area is 162 Å². The maximum atomic E-state index is 11.3. The lowest BCUT2D eigenvalue weighted by Gasteiger charge is -2.19. The lowest BCUT2D eigenvalue weighted by atomic mass is 10.1. The van der Waals surface area contributed by atoms with Crippen molar-refractivity contribution in [1.29, 1.82) is 0 Å². The molecule has 154 valence electrons. The summed E-state index contributed by atoms with van der Waals surface area (Å²) >= 11 is 0. The number of benzene rings is 1. The molecule has 27 heavy (non-hydrogen) atoms. The minimum atomic E-state index is -2.97. The Balaban J connectivity index is 2.65. The zero-order valence-corrected chi connectivity index (χ0v) is 17.8. The van der Waals surface area contributed by atoms with Crippen LogP contribution in [0.2, 0.25) is 0 Å². The lowest BCUT2D eigenvalue weighted by Crippen LogP contribution is -2.43. The molecule has 0 radical (unpaired) electrons. The Morgan fingerprint density at radius 2 is 1.81 bits per heavy atom. The first-order valence-electron chi connectivity index (χ1n) is 8.68. The normalized spacial score (nSPS) is 13.0. The Morgan fingerprint density at radius 3 is 2.33 bits per heavy atom. The first-order valence-corrected chi connectivity index (χ1v) is 10.7. The van der Waals surface area contributed by atoms with E-state index in [2.05, 4.69) is 15.6 Å². The van der Waals surface area contributed by atoms with Gasteiger partial charge in [-0.1, -0.05) is 6.07 Å². The highest BCUT2D eigenvalue weighted by Gasteiger charge is 2.16. The fraction of sp³-hybridized carbons (Fsp3) is 0.611. The molecule has 1 unspecified atom stereocenters. The number of nitrogens with zero attached hydrogens (tertiary/aromatic N) is 1. The van der Waals surface area contributed by atoms with Gasteiger partial charge in [-0.05, 0) is 25.8 Å². The van der Waals surface area contributed by atoms with E-state index in [1.807, 2.05) is 19.1 Å². The summed E-state index contributed by atoms with van der Waals surface area (Å²) in [5.41, 5.74) is 0.975. The molecule has 8 nitrogen and oxygen atoms in total. The Kier molecular flexibility index (Phi) is 9.20. The van der Waals surface area contributed by atoms with Crippen LogP contribution in [0.1, 0.15) is 18.9 Å². The minimum Gasteiger partial charge on any atom is -0.493 e. The lowest BCUT2D eigenvalue weighted by molar-refractivity contribution is 0.322. The average molecular weight is 402 g/mol. The summed E-state index contributed by atoms with van der Waals surface area (Å²) in [5.74, 6) is 2.58. The molecule has 2 N–H and O–H groups in total. The van der Waals surface area contributed by atoms with Crippen LogP contribution in [0.3, 0.4) is 0 Å². The predicted molar refractivity (Wildman–Crippen MR) is 108 cm³/mol. The van der Waals surface area contributed by atoms with Crippen LogP contribution in [0.25, 0.3) is 0 Å². The van der Waals surface area contributed by atoms with Crippen LogP contribution in [-0.2, 0) is 16.3 Å². The number of hydrogen-bond acceptors (Lipinski definition) is 6. The second-order valence-electron chi connectivity index (χ2n) is 6.21. The van der Waals surface area contributed by atoms with E-state index in [1.54, 1.807) is 28.4 Å². The number of rotatable bonds is 10. The highest BCUT2D eigenvalue weighted by molar-refractivity contribution is 7.90. The van der Waals surface area contributed by atoms with Crippen LogP contribution in [0.4, 0.5) is 0 Å². The van der Waals surface area contributed by atoms with Crippen LogP contribution >= 0.6 is 0 Å². The van der Waals surface area contributed by atoms with Crippen molar-refractivity contribution in [2.24, 2.45) is 4.99 Å². The number of nitrogens with one attached hydrogen (secondary N) is 2. The molecule has 0 aliphatic carbocycles. The molecule has 0 fully saturated rings. The topological polar surface area (TPSA) is 98.2 Å². The number of sulfone groups is 1. The third-order valence-corrected chi connectivity index (χ3v) is 4.98. The molecule has 0 amide bonds. The van der Waals surface area contributed by atoms with Crippen LogP contribution in [0, 0.1) is 0 Å². The fourth-order valence-corrected chi connectivity index (χ4v) is 3.35. The van der Waals surface area contributed by atoms with E-state index in [0.717, 1.165) is 5.56 Å². The SMILES string of the molecule is CN=C(NCCc1ccc(OC)c(OC)c1OC)NC(C)CCS(C)(=O)=O. The van der Waals surface area contributed by atoms with Crippen molar-refractivity contribution in [3.63, 3.8) is 0 Å². The highest BCUT2D eigenvalue weighted by atomic mass is 32.2. The summed E-state index contributed by atoms with van der Waals surface area (Å²) in [4.78, 5) is 4.18. The Bertz CT molecular complexity index is 735. The molecule has 0 spiro atoms. The maximum Gasteiger partial charge on any atom is 0.203 e. The molecule has 1 aromatic rings. The summed E-state index contributed by atoms with van der Waals surface area (Å²) in [6.45, 7) is 2.54. The van der Waals surface area contributed by atoms with Crippen molar-refractivity contribution in [3.05, 3.63) is 17.7 Å². The van der Waals surface area contributed by atoms with Crippen molar-refractivity contribution < 1.29 is 22.6 Å². The van der Waals surface area contributed by atoms with E-state index in [9.17, 15) is 8.42 Å². The summed E-state index contributed by atoms with van der Waals surface area (Å²) < 4.78 is 38.7. The summed E-state index contributed by atoms with van der Waals surface area (Å²) in [6.07, 6.45) is 2.44. The van der Waals surface area contributed by atoms with Gasteiger partial charge in [-0.25, -0.2) is 8.42 Å². The van der Waals surface area contributed by atoms with Crippen molar-refractivity contribution in [2.45, 2.75) is 25.8 Å². The molecule has 0 aliphatic heterocycles. The Morgan fingerprint density at radius 1 is 1.15 bits per heavy atom. The van der Waals surface area contributed by atoms with Gasteiger partial charge in [-0.2, -0.15) is 0 Å². The molecule has 0 heterocycles. The molecule has 9 heteroatoms. The van der Waals surface area contributed by atoms with Crippen LogP contribution in [0.5, 0.6) is 17.2 Å². The smallest absolute Gasteiger partial charge is 0.203 e. The standard InChI is InChI=1S/C18H31N3O5S/c1-13(10-12-27(6,22)23)21-18(19-2)20-11-9-14-7-8-15(24-3)17(26-5)16(14)25-4/h7-8,13H,9-12H2,1-6H3,(H2,19,20,21). The van der Waals surface area contributed by atoms with Gasteiger partial charge in [0, 0.05) is 31.5 Å². The number of hydrogen-bond donors (Lipinski definition) is 2. The van der Waals surface area contributed by atoms with Gasteiger partial charge < -0.3 is 24.8 Å². The zero-order valence-electron chi connectivity index (χ0n) is 17.0. The summed E-state index contributed by atoms with van der Waals surface area (Å²) in [5, 5.41) is 6.42. The molecule has 0 bridgehead atoms. The number of methoxy groups -OCH3 is 3. The monoisotopic (exact) mass is 401 g/mol. The van der Waals surface area contributed by atoms with Gasteiger partial charge in [0.05, 0.1) is 27.1 Å². The van der Waals surface area contributed by atoms with Crippen molar-refractivity contribution in [3.8, 4) is 17.2 Å². The molecule has 0 aliphatic rings. The van der Waals surface area contributed by atoms with Gasteiger partial charge >= 0.3 is 0 Å². The number of aliphatic imine (C=N–C) groups is 1. The van der Waals surface area contributed by atoms with Crippen LogP contribution in [-0.4, -0.2) is 67.3 Å². The van der Waals surface area contributed by atoms with E-state index >= 15 is 0 Å². The minimum absolute atomic E-state index is 0.0125. The predicted octanol–water partition coefficient (Wildman–Crippen LogP) is 1.24. The molecule has 0 saturated carbocycles. The first-order chi connectivity index (χ1) is 12.8. The van der Waals surface area contributed by atoms with Crippen molar-refractivity contribution in [2.75, 3.05) is 46.9 Å². The van der Waals surface area contributed by atoms with E-state index in [-0.39, 0.29) is 11.8 Å². The van der Waals surface area contributed by atoms with E-state index in [4.69, 9.17) is 14.2 Å². The van der Waals surface area contributed by atoms with Gasteiger partial charge in [0.15, 0.2) is 17.5 Å². The molecule has 0 aromatic heterocycles. The Hall–Kier alpha value is -2.16. The molecule has 1 rings (SSSR count). The zero-order chi connectivity index (χ0) is 20.4. The van der Waals surface area contributed by atoms with Gasteiger partial charge in [0.2, 0.25) is 5.75 Å². The third kappa shape index (κ3) is 7.54. The van der Waals surface area contributed by atoms with Gasteiger partial charge in [0.25, 0.3) is 0 Å². The molecular weight excluding hydrogens is 370 g/mol. The summed E-state index contributed by atoms with van der Waals surface area (Å²) in [7, 11) is 3.46. The van der Waals surface area contributed by atoms with Crippen LogP contribution in [0.15, 0.2) is 17.1 Å². The second-order valence-corrected chi connectivity index (χ2v) is 8.47. The van der Waals surface area contributed by atoms with Gasteiger partial charge in [-0.3, -0.25) is 4.99 Å². The van der Waals surface area contributed by atoms with E-state index < -0.39 is 9.84 Å². The van der Waals surface area contributed by atoms with Crippen molar-refractivity contribution in [1.82, 2.24) is 10.6 Å². The van der Waals surface area contributed by atoms with Gasteiger partial charge in [0.1, 0.15) is 9.84 Å². The molecule has 0 saturated heterocycles. The first kappa shape index (κ1) is 22.9. The van der Waals surface area contributed by atoms with Gasteiger partial charge in [-0.15, -0.1) is 0 Å². The number of ether oxygens (including phenoxy) is 3. The maximum absolute atomic E-state index is 11.3. The third-order valence-electron chi connectivity index (χ3n) is 4.00. The average Bonchev–Trinajstić information content (AvgIpc) is 2.64. The van der Waals surface area contributed by atoms with E-state index in [0.29, 0.717) is 42.6 Å². The van der Waals surface area contributed by atoms with E-state index in [1.165, 1.54) is 6.26 Å². The largest absolute Gasteiger partial charge is 0.493 e. The van der Waals surface area contributed by atoms with Crippen molar-refractivity contribution >= 4 is 15.8 Å². The quantitative estimate of drug-likeness (QED) is 0.450. The number of guanidine groups is 1. The molecular formula is C18H31N3O5S. The molecule has 1 aromatic carbocycles. The molecule has 1 atom stereocenters. The fourth-order valence-electron chi connectivity index (χ4n) is 2.57.